The second-order valence-corrected chi connectivity index (χ2v) is 5.95. The van der Waals surface area contributed by atoms with E-state index in [0.717, 1.165) is 22.4 Å². The molecule has 0 saturated heterocycles. The number of hydrogen-bond donors (Lipinski definition) is 1. The van der Waals surface area contributed by atoms with Gasteiger partial charge in [-0.15, -0.1) is 0 Å². The lowest BCUT2D eigenvalue weighted by Gasteiger charge is -2.09. The van der Waals surface area contributed by atoms with Crippen LogP contribution in [0.3, 0.4) is 0 Å². The number of hydrogen-bond acceptors (Lipinski definition) is 5. The first-order chi connectivity index (χ1) is 13.2. The smallest absolute Gasteiger partial charge is 0.164 e. The number of aromatic nitrogens is 3. The van der Waals surface area contributed by atoms with Gasteiger partial charge in [0.25, 0.3) is 0 Å². The maximum atomic E-state index is 9.55. The SMILES string of the molecule is COc1ccc(-c2nc(-c3ccccc3)nc(-c3ccc(O)cc3)n2)cc1. The summed E-state index contributed by atoms with van der Waals surface area (Å²) in [5.74, 6) is 2.70. The van der Waals surface area contributed by atoms with Gasteiger partial charge in [-0.2, -0.15) is 0 Å². The minimum atomic E-state index is 0.200. The maximum absolute atomic E-state index is 9.55. The van der Waals surface area contributed by atoms with E-state index in [1.54, 1.807) is 31.4 Å². The van der Waals surface area contributed by atoms with Crippen molar-refractivity contribution in [1.29, 1.82) is 0 Å². The molecular formula is C22H17N3O2. The van der Waals surface area contributed by atoms with Crippen LogP contribution in [0.4, 0.5) is 0 Å². The van der Waals surface area contributed by atoms with E-state index in [9.17, 15) is 5.11 Å². The van der Waals surface area contributed by atoms with Crippen LogP contribution < -0.4 is 4.74 Å². The van der Waals surface area contributed by atoms with Crippen molar-refractivity contribution < 1.29 is 9.84 Å². The summed E-state index contributed by atoms with van der Waals surface area (Å²) in [6.45, 7) is 0. The molecule has 0 amide bonds. The molecule has 27 heavy (non-hydrogen) atoms. The van der Waals surface area contributed by atoms with E-state index in [4.69, 9.17) is 4.74 Å². The highest BCUT2D eigenvalue weighted by Crippen LogP contribution is 2.26. The molecule has 1 aromatic heterocycles. The zero-order chi connectivity index (χ0) is 18.6. The Morgan fingerprint density at radius 3 is 1.52 bits per heavy atom. The van der Waals surface area contributed by atoms with Crippen LogP contribution in [0.5, 0.6) is 11.5 Å². The minimum Gasteiger partial charge on any atom is -0.508 e. The topological polar surface area (TPSA) is 68.1 Å². The second-order valence-electron chi connectivity index (χ2n) is 5.95. The number of phenolic OH excluding ortho intramolecular Hbond substituents is 1. The molecule has 1 heterocycles. The molecule has 0 bridgehead atoms. The van der Waals surface area contributed by atoms with Crippen molar-refractivity contribution in [1.82, 2.24) is 15.0 Å². The van der Waals surface area contributed by atoms with Gasteiger partial charge in [0, 0.05) is 16.7 Å². The average molecular weight is 355 g/mol. The van der Waals surface area contributed by atoms with E-state index in [0.29, 0.717) is 17.5 Å². The van der Waals surface area contributed by atoms with Crippen molar-refractivity contribution >= 4 is 0 Å². The summed E-state index contributed by atoms with van der Waals surface area (Å²) in [6, 6.07) is 24.2. The van der Waals surface area contributed by atoms with Crippen LogP contribution in [-0.4, -0.2) is 27.2 Å². The molecule has 132 valence electrons. The molecule has 0 aliphatic heterocycles. The zero-order valence-electron chi connectivity index (χ0n) is 14.7. The van der Waals surface area contributed by atoms with Gasteiger partial charge in [-0.25, -0.2) is 15.0 Å². The third-order valence-electron chi connectivity index (χ3n) is 4.14. The molecule has 5 nitrogen and oxygen atoms in total. The van der Waals surface area contributed by atoms with Gasteiger partial charge in [-0.05, 0) is 48.5 Å². The Balaban J connectivity index is 1.87. The van der Waals surface area contributed by atoms with Gasteiger partial charge in [0.1, 0.15) is 11.5 Å². The molecule has 4 rings (SSSR count). The molecule has 0 saturated carbocycles. The molecule has 0 radical (unpaired) electrons. The van der Waals surface area contributed by atoms with Crippen LogP contribution in [-0.2, 0) is 0 Å². The molecule has 0 aliphatic rings. The number of aromatic hydroxyl groups is 1. The second kappa shape index (κ2) is 7.25. The molecule has 0 aliphatic carbocycles. The van der Waals surface area contributed by atoms with Gasteiger partial charge in [0.2, 0.25) is 0 Å². The number of phenols is 1. The summed E-state index contributed by atoms with van der Waals surface area (Å²) in [7, 11) is 1.63. The third kappa shape index (κ3) is 3.62. The number of rotatable bonds is 4. The Kier molecular flexibility index (Phi) is 4.49. The first kappa shape index (κ1) is 16.7. The van der Waals surface area contributed by atoms with Crippen molar-refractivity contribution in [2.24, 2.45) is 0 Å². The number of methoxy groups -OCH3 is 1. The van der Waals surface area contributed by atoms with E-state index in [-0.39, 0.29) is 5.75 Å². The number of ether oxygens (including phenoxy) is 1. The van der Waals surface area contributed by atoms with Gasteiger partial charge >= 0.3 is 0 Å². The lowest BCUT2D eigenvalue weighted by molar-refractivity contribution is 0.415. The summed E-state index contributed by atoms with van der Waals surface area (Å²) in [4.78, 5) is 13.9. The minimum absolute atomic E-state index is 0.200. The number of nitrogens with zero attached hydrogens (tertiary/aromatic N) is 3. The highest BCUT2D eigenvalue weighted by molar-refractivity contribution is 5.66. The fourth-order valence-corrected chi connectivity index (χ4v) is 2.70. The molecular weight excluding hydrogens is 338 g/mol. The van der Waals surface area contributed by atoms with Crippen LogP contribution >= 0.6 is 0 Å². The molecule has 1 N–H and O–H groups in total. The molecule has 4 aromatic rings. The summed E-state index contributed by atoms with van der Waals surface area (Å²) in [5.41, 5.74) is 2.59. The molecule has 0 atom stereocenters. The lowest BCUT2D eigenvalue weighted by Crippen LogP contribution is -2.00. The largest absolute Gasteiger partial charge is 0.508 e. The van der Waals surface area contributed by atoms with E-state index in [2.05, 4.69) is 15.0 Å². The third-order valence-corrected chi connectivity index (χ3v) is 4.14. The average Bonchev–Trinajstić information content (AvgIpc) is 2.74. The van der Waals surface area contributed by atoms with Gasteiger partial charge in [-0.1, -0.05) is 30.3 Å². The van der Waals surface area contributed by atoms with E-state index in [1.807, 2.05) is 54.6 Å². The van der Waals surface area contributed by atoms with Gasteiger partial charge in [0.15, 0.2) is 17.5 Å². The number of benzene rings is 3. The quantitative estimate of drug-likeness (QED) is 0.580. The van der Waals surface area contributed by atoms with E-state index in [1.165, 1.54) is 0 Å². The monoisotopic (exact) mass is 355 g/mol. The first-order valence-electron chi connectivity index (χ1n) is 8.48. The van der Waals surface area contributed by atoms with Crippen LogP contribution in [0.1, 0.15) is 0 Å². The normalized spacial score (nSPS) is 10.6. The Morgan fingerprint density at radius 1 is 0.593 bits per heavy atom. The lowest BCUT2D eigenvalue weighted by atomic mass is 10.1. The first-order valence-corrected chi connectivity index (χ1v) is 8.48. The Bertz CT molecular complexity index is 1050. The summed E-state index contributed by atoms with van der Waals surface area (Å²) in [6.07, 6.45) is 0. The molecule has 0 spiro atoms. The van der Waals surface area contributed by atoms with Crippen LogP contribution in [0.25, 0.3) is 34.2 Å². The predicted octanol–water partition coefficient (Wildman–Crippen LogP) is 4.59. The molecule has 3 aromatic carbocycles. The van der Waals surface area contributed by atoms with Crippen LogP contribution in [0, 0.1) is 0 Å². The Labute approximate surface area is 157 Å². The van der Waals surface area contributed by atoms with E-state index < -0.39 is 0 Å². The summed E-state index contributed by atoms with van der Waals surface area (Å²) >= 11 is 0. The van der Waals surface area contributed by atoms with Gasteiger partial charge in [0.05, 0.1) is 7.11 Å². The Hall–Kier alpha value is -3.73. The maximum Gasteiger partial charge on any atom is 0.164 e. The van der Waals surface area contributed by atoms with E-state index >= 15 is 0 Å². The fraction of sp³-hybridized carbons (Fsp3) is 0.0455. The fourth-order valence-electron chi connectivity index (χ4n) is 2.70. The highest BCUT2D eigenvalue weighted by Gasteiger charge is 2.12. The Morgan fingerprint density at radius 2 is 1.04 bits per heavy atom. The molecule has 0 unspecified atom stereocenters. The van der Waals surface area contributed by atoms with Gasteiger partial charge in [-0.3, -0.25) is 0 Å². The van der Waals surface area contributed by atoms with Crippen molar-refractivity contribution in [3.63, 3.8) is 0 Å². The van der Waals surface area contributed by atoms with Crippen molar-refractivity contribution in [3.05, 3.63) is 78.9 Å². The van der Waals surface area contributed by atoms with Gasteiger partial charge < -0.3 is 9.84 Å². The summed E-state index contributed by atoms with van der Waals surface area (Å²) in [5, 5.41) is 9.55. The molecule has 5 heteroatoms. The van der Waals surface area contributed by atoms with Crippen LogP contribution in [0.2, 0.25) is 0 Å². The van der Waals surface area contributed by atoms with Crippen LogP contribution in [0.15, 0.2) is 78.9 Å². The van der Waals surface area contributed by atoms with Crippen molar-refractivity contribution in [2.45, 2.75) is 0 Å². The predicted molar refractivity (Wildman–Crippen MR) is 104 cm³/mol. The zero-order valence-corrected chi connectivity index (χ0v) is 14.7. The standard InChI is InChI=1S/C22H17N3O2/c1-27-19-13-9-17(10-14-19)22-24-20(15-5-3-2-4-6-15)23-21(25-22)16-7-11-18(26)12-8-16/h2-14,26H,1H3. The highest BCUT2D eigenvalue weighted by atomic mass is 16.5. The van der Waals surface area contributed by atoms with Crippen molar-refractivity contribution in [3.8, 4) is 45.7 Å². The van der Waals surface area contributed by atoms with Crippen molar-refractivity contribution in [2.75, 3.05) is 7.11 Å². The summed E-state index contributed by atoms with van der Waals surface area (Å²) < 4.78 is 5.23. The molecule has 0 fully saturated rings.